The first-order valence-electron chi connectivity index (χ1n) is 5.38. The topological polar surface area (TPSA) is 69.4 Å². The molecule has 0 aliphatic carbocycles. The third-order valence-corrected chi connectivity index (χ3v) is 3.12. The van der Waals surface area contributed by atoms with Gasteiger partial charge in [-0.15, -0.1) is 0 Å². The van der Waals surface area contributed by atoms with E-state index in [2.05, 4.69) is 0 Å². The predicted molar refractivity (Wildman–Crippen MR) is 75.0 cm³/mol. The molecule has 0 aliphatic heterocycles. The summed E-state index contributed by atoms with van der Waals surface area (Å²) in [7, 11) is 0. The largest absolute Gasteiger partial charge is 0.455 e. The van der Waals surface area contributed by atoms with Crippen LogP contribution < -0.4 is 4.74 Å². The van der Waals surface area contributed by atoms with Crippen molar-refractivity contribution in [1.29, 1.82) is 0 Å². The number of nitrogens with zero attached hydrogens (tertiary/aromatic N) is 1. The second-order valence-corrected chi connectivity index (χ2v) is 4.56. The maximum atomic E-state index is 11.0. The summed E-state index contributed by atoms with van der Waals surface area (Å²) in [5, 5.41) is 11.1. The minimum atomic E-state index is -0.568. The molecule has 2 rings (SSSR count). The van der Waals surface area contributed by atoms with Gasteiger partial charge in [0.15, 0.2) is 12.0 Å². The quantitative estimate of drug-likeness (QED) is 0.473. The van der Waals surface area contributed by atoms with Gasteiger partial charge in [0.25, 0.3) is 5.69 Å². The molecular formula is C13H7Cl2NO4. The number of hydrogen-bond acceptors (Lipinski definition) is 4. The molecule has 20 heavy (non-hydrogen) atoms. The molecule has 0 N–H and O–H groups in total. The number of halogens is 2. The Labute approximate surface area is 123 Å². The highest BCUT2D eigenvalue weighted by atomic mass is 35.5. The van der Waals surface area contributed by atoms with Crippen molar-refractivity contribution in [3.05, 3.63) is 62.1 Å². The number of rotatable bonds is 4. The fraction of sp³-hybridized carbons (Fsp3) is 0. The molecule has 0 unspecified atom stereocenters. The van der Waals surface area contributed by atoms with Crippen LogP contribution in [0.2, 0.25) is 10.0 Å². The fourth-order valence-electron chi connectivity index (χ4n) is 1.52. The fourth-order valence-corrected chi connectivity index (χ4v) is 1.89. The van der Waals surface area contributed by atoms with E-state index in [4.69, 9.17) is 27.9 Å². The van der Waals surface area contributed by atoms with Crippen LogP contribution >= 0.6 is 23.2 Å². The molecule has 2 aromatic rings. The van der Waals surface area contributed by atoms with Gasteiger partial charge in [-0.1, -0.05) is 29.3 Å². The van der Waals surface area contributed by atoms with Gasteiger partial charge in [-0.2, -0.15) is 0 Å². The zero-order valence-corrected chi connectivity index (χ0v) is 11.4. The molecular weight excluding hydrogens is 305 g/mol. The summed E-state index contributed by atoms with van der Waals surface area (Å²) in [5.41, 5.74) is -0.0178. The maximum absolute atomic E-state index is 11.0. The highest BCUT2D eigenvalue weighted by Crippen LogP contribution is 2.35. The van der Waals surface area contributed by atoms with Crippen molar-refractivity contribution in [2.24, 2.45) is 0 Å². The average Bonchev–Trinajstić information content (AvgIpc) is 2.41. The number of carbonyl (C=O) groups is 1. The maximum Gasteiger partial charge on any atom is 0.273 e. The highest BCUT2D eigenvalue weighted by molar-refractivity contribution is 6.33. The Kier molecular flexibility index (Phi) is 4.22. The van der Waals surface area contributed by atoms with Gasteiger partial charge in [-0.25, -0.2) is 0 Å². The van der Waals surface area contributed by atoms with Crippen molar-refractivity contribution in [2.75, 3.05) is 0 Å². The number of hydrogen-bond donors (Lipinski definition) is 0. The standard InChI is InChI=1S/C13H7Cl2NO4/c14-10-2-1-3-12(9(10)7-17)20-13-6-8(16(18)19)4-5-11(13)15/h1-7H. The van der Waals surface area contributed by atoms with Gasteiger partial charge in [0.05, 0.1) is 26.6 Å². The van der Waals surface area contributed by atoms with E-state index >= 15 is 0 Å². The summed E-state index contributed by atoms with van der Waals surface area (Å²) in [4.78, 5) is 21.1. The minimum absolute atomic E-state index is 0.0752. The molecule has 0 saturated carbocycles. The Bertz CT molecular complexity index is 688. The lowest BCUT2D eigenvalue weighted by atomic mass is 10.2. The van der Waals surface area contributed by atoms with Gasteiger partial charge in [-0.3, -0.25) is 14.9 Å². The lowest BCUT2D eigenvalue weighted by molar-refractivity contribution is -0.384. The second-order valence-electron chi connectivity index (χ2n) is 3.74. The molecule has 5 nitrogen and oxygen atoms in total. The molecule has 0 aliphatic rings. The summed E-state index contributed by atoms with van der Waals surface area (Å²) >= 11 is 11.8. The first-order valence-corrected chi connectivity index (χ1v) is 6.14. The zero-order chi connectivity index (χ0) is 14.7. The Hall–Kier alpha value is -2.11. The number of ether oxygens (including phenoxy) is 1. The third-order valence-electron chi connectivity index (χ3n) is 2.48. The predicted octanol–water partition coefficient (Wildman–Crippen LogP) is 4.51. The monoisotopic (exact) mass is 311 g/mol. The van der Waals surface area contributed by atoms with Crippen LogP contribution in [0.4, 0.5) is 5.69 Å². The molecule has 0 amide bonds. The smallest absolute Gasteiger partial charge is 0.273 e. The Morgan fingerprint density at radius 1 is 1.10 bits per heavy atom. The van der Waals surface area contributed by atoms with Crippen LogP contribution in [0.3, 0.4) is 0 Å². The molecule has 0 spiro atoms. The average molecular weight is 312 g/mol. The molecule has 2 aromatic carbocycles. The number of nitro benzene ring substituents is 1. The zero-order valence-electron chi connectivity index (χ0n) is 9.88. The van der Waals surface area contributed by atoms with Crippen LogP contribution in [-0.2, 0) is 0 Å². The molecule has 0 radical (unpaired) electrons. The lowest BCUT2D eigenvalue weighted by Crippen LogP contribution is -1.94. The van der Waals surface area contributed by atoms with E-state index in [1.54, 1.807) is 6.07 Å². The number of carbonyl (C=O) groups excluding carboxylic acids is 1. The van der Waals surface area contributed by atoms with Crippen molar-refractivity contribution >= 4 is 35.2 Å². The van der Waals surface area contributed by atoms with Gasteiger partial charge in [-0.05, 0) is 18.2 Å². The van der Waals surface area contributed by atoms with Crippen LogP contribution in [0.15, 0.2) is 36.4 Å². The van der Waals surface area contributed by atoms with Crippen molar-refractivity contribution in [2.45, 2.75) is 0 Å². The second kappa shape index (κ2) is 5.90. The van der Waals surface area contributed by atoms with E-state index < -0.39 is 4.92 Å². The minimum Gasteiger partial charge on any atom is -0.455 e. The van der Waals surface area contributed by atoms with Gasteiger partial charge in [0, 0.05) is 6.07 Å². The normalized spacial score (nSPS) is 10.1. The van der Waals surface area contributed by atoms with Crippen LogP contribution in [0.25, 0.3) is 0 Å². The van der Waals surface area contributed by atoms with Crippen LogP contribution in [-0.4, -0.2) is 11.2 Å². The van der Waals surface area contributed by atoms with Gasteiger partial charge < -0.3 is 4.74 Å². The first kappa shape index (κ1) is 14.3. The highest BCUT2D eigenvalue weighted by Gasteiger charge is 2.14. The van der Waals surface area contributed by atoms with Crippen molar-refractivity contribution < 1.29 is 14.5 Å². The Morgan fingerprint density at radius 2 is 1.85 bits per heavy atom. The summed E-state index contributed by atoms with van der Waals surface area (Å²) in [6, 6.07) is 8.43. The molecule has 0 heterocycles. The van der Waals surface area contributed by atoms with E-state index in [1.165, 1.54) is 30.3 Å². The van der Waals surface area contributed by atoms with Gasteiger partial charge in [0.2, 0.25) is 0 Å². The third kappa shape index (κ3) is 2.89. The molecule has 0 fully saturated rings. The van der Waals surface area contributed by atoms with Crippen LogP contribution in [0, 0.1) is 10.1 Å². The summed E-state index contributed by atoms with van der Waals surface area (Å²) in [6.45, 7) is 0. The summed E-state index contributed by atoms with van der Waals surface area (Å²) in [5.74, 6) is 0.251. The van der Waals surface area contributed by atoms with Crippen molar-refractivity contribution in [3.63, 3.8) is 0 Å². The van der Waals surface area contributed by atoms with Gasteiger partial charge >= 0.3 is 0 Å². The number of non-ortho nitro benzene ring substituents is 1. The SMILES string of the molecule is O=Cc1c(Cl)cccc1Oc1cc([N+](=O)[O-])ccc1Cl. The van der Waals surface area contributed by atoms with E-state index in [1.807, 2.05) is 0 Å². The van der Waals surface area contributed by atoms with Crippen LogP contribution in [0.5, 0.6) is 11.5 Å². The molecule has 0 saturated heterocycles. The van der Waals surface area contributed by atoms with Gasteiger partial charge in [0.1, 0.15) is 5.75 Å². The number of aldehydes is 1. The Balaban J connectivity index is 2.44. The molecule has 0 bridgehead atoms. The summed E-state index contributed by atoms with van der Waals surface area (Å²) < 4.78 is 5.45. The Morgan fingerprint density at radius 3 is 2.50 bits per heavy atom. The lowest BCUT2D eigenvalue weighted by Gasteiger charge is -2.10. The first-order chi connectivity index (χ1) is 9.52. The van der Waals surface area contributed by atoms with Crippen molar-refractivity contribution in [3.8, 4) is 11.5 Å². The van der Waals surface area contributed by atoms with Crippen LogP contribution in [0.1, 0.15) is 10.4 Å². The van der Waals surface area contributed by atoms with Crippen molar-refractivity contribution in [1.82, 2.24) is 0 Å². The molecule has 0 atom stereocenters. The van der Waals surface area contributed by atoms with E-state index in [9.17, 15) is 14.9 Å². The molecule has 7 heteroatoms. The van der Waals surface area contributed by atoms with E-state index in [-0.39, 0.29) is 32.8 Å². The molecule has 102 valence electrons. The number of benzene rings is 2. The van der Waals surface area contributed by atoms with E-state index in [0.717, 1.165) is 0 Å². The molecule has 0 aromatic heterocycles. The summed E-state index contributed by atoms with van der Waals surface area (Å²) in [6.07, 6.45) is 0.545. The van der Waals surface area contributed by atoms with E-state index in [0.29, 0.717) is 6.29 Å². The number of nitro groups is 1.